The van der Waals surface area contributed by atoms with Crippen LogP contribution in [0.3, 0.4) is 0 Å². The molecule has 1 aromatic heterocycles. The molecule has 0 radical (unpaired) electrons. The topological polar surface area (TPSA) is 44.1 Å². The van der Waals surface area contributed by atoms with Crippen LogP contribution in [0.1, 0.15) is 19.9 Å². The Balaban J connectivity index is 2.36. The lowest BCUT2D eigenvalue weighted by Gasteiger charge is -2.19. The summed E-state index contributed by atoms with van der Waals surface area (Å²) in [6.45, 7) is 3.92. The number of rotatable bonds is 4. The first-order valence-electron chi connectivity index (χ1n) is 6.50. The van der Waals surface area contributed by atoms with E-state index in [9.17, 15) is 4.79 Å². The molecule has 2 rings (SSSR count). The molecule has 1 atom stereocenters. The normalized spacial score (nSPS) is 12.5. The molecule has 112 valence electrons. The van der Waals surface area contributed by atoms with Crippen LogP contribution in [-0.4, -0.2) is 22.6 Å². The molecular formula is C15H16Cl2N2O2. The summed E-state index contributed by atoms with van der Waals surface area (Å²) in [7, 11) is 1.38. The summed E-state index contributed by atoms with van der Waals surface area (Å²) in [6.07, 6.45) is 3.43. The summed E-state index contributed by atoms with van der Waals surface area (Å²) in [5.41, 5.74) is 1.57. The first kappa shape index (κ1) is 15.9. The number of nitrogens with zero attached hydrogens (tertiary/aromatic N) is 2. The van der Waals surface area contributed by atoms with Gasteiger partial charge in [0.2, 0.25) is 0 Å². The Morgan fingerprint density at radius 1 is 1.29 bits per heavy atom. The van der Waals surface area contributed by atoms with Crippen LogP contribution in [0.25, 0.3) is 11.3 Å². The lowest BCUT2D eigenvalue weighted by Crippen LogP contribution is -2.24. The Morgan fingerprint density at radius 2 is 2.00 bits per heavy atom. The molecule has 21 heavy (non-hydrogen) atoms. The van der Waals surface area contributed by atoms with E-state index < -0.39 is 6.04 Å². The van der Waals surface area contributed by atoms with Crippen molar-refractivity contribution in [2.45, 2.75) is 19.9 Å². The van der Waals surface area contributed by atoms with E-state index in [1.165, 1.54) is 7.11 Å². The number of halogens is 2. The Labute approximate surface area is 133 Å². The number of methoxy groups -OCH3 is 1. The molecule has 0 aliphatic heterocycles. The molecule has 0 saturated heterocycles. The van der Waals surface area contributed by atoms with Crippen molar-refractivity contribution in [2.24, 2.45) is 5.92 Å². The summed E-state index contributed by atoms with van der Waals surface area (Å²) in [5.74, 6) is -0.198. The Bertz CT molecular complexity index is 653. The van der Waals surface area contributed by atoms with E-state index in [1.807, 2.05) is 19.9 Å². The van der Waals surface area contributed by atoms with Crippen molar-refractivity contribution < 1.29 is 9.53 Å². The van der Waals surface area contributed by atoms with Crippen molar-refractivity contribution in [3.8, 4) is 11.3 Å². The SMILES string of the molecule is COC(=O)[C@H](C(C)C)n1cnc(-c2ccc(Cl)c(Cl)c2)c1. The standard InChI is InChI=1S/C15H16Cl2N2O2/c1-9(2)14(15(20)21-3)19-7-13(18-8-19)10-4-5-11(16)12(17)6-10/h4-9,14H,1-3H3/t14-/m0/s1. The molecule has 6 heteroatoms. The Hall–Kier alpha value is -1.52. The van der Waals surface area contributed by atoms with Crippen LogP contribution in [0, 0.1) is 5.92 Å². The van der Waals surface area contributed by atoms with Crippen LogP contribution in [0.2, 0.25) is 10.0 Å². The van der Waals surface area contributed by atoms with Crippen LogP contribution in [0.4, 0.5) is 0 Å². The Kier molecular flexibility index (Phi) is 4.91. The monoisotopic (exact) mass is 326 g/mol. The molecule has 1 aromatic carbocycles. The highest BCUT2D eigenvalue weighted by Crippen LogP contribution is 2.29. The van der Waals surface area contributed by atoms with Crippen LogP contribution in [0.5, 0.6) is 0 Å². The van der Waals surface area contributed by atoms with Gasteiger partial charge in [-0.05, 0) is 18.1 Å². The number of esters is 1. The van der Waals surface area contributed by atoms with Gasteiger partial charge >= 0.3 is 5.97 Å². The molecule has 0 amide bonds. The van der Waals surface area contributed by atoms with Crippen LogP contribution in [-0.2, 0) is 9.53 Å². The number of aromatic nitrogens is 2. The lowest BCUT2D eigenvalue weighted by molar-refractivity contribution is -0.146. The second kappa shape index (κ2) is 6.50. The van der Waals surface area contributed by atoms with Crippen LogP contribution >= 0.6 is 23.2 Å². The molecule has 0 spiro atoms. The van der Waals surface area contributed by atoms with Gasteiger partial charge in [-0.25, -0.2) is 9.78 Å². The maximum Gasteiger partial charge on any atom is 0.329 e. The second-order valence-corrected chi connectivity index (χ2v) is 5.86. The van der Waals surface area contributed by atoms with Gasteiger partial charge in [-0.2, -0.15) is 0 Å². The predicted octanol–water partition coefficient (Wildman–Crippen LogP) is 4.23. The fourth-order valence-electron chi connectivity index (χ4n) is 2.15. The summed E-state index contributed by atoms with van der Waals surface area (Å²) in [6, 6.07) is 4.90. The molecule has 0 fully saturated rings. The van der Waals surface area contributed by atoms with Gasteiger partial charge in [-0.15, -0.1) is 0 Å². The van der Waals surface area contributed by atoms with Gasteiger partial charge in [0.15, 0.2) is 0 Å². The van der Waals surface area contributed by atoms with Gasteiger partial charge in [0.25, 0.3) is 0 Å². The highest BCUT2D eigenvalue weighted by Gasteiger charge is 2.25. The maximum absolute atomic E-state index is 11.9. The van der Waals surface area contributed by atoms with E-state index >= 15 is 0 Å². The van der Waals surface area contributed by atoms with Crippen molar-refractivity contribution >= 4 is 29.2 Å². The van der Waals surface area contributed by atoms with Crippen molar-refractivity contribution in [1.29, 1.82) is 0 Å². The van der Waals surface area contributed by atoms with Gasteiger partial charge in [0.1, 0.15) is 6.04 Å². The van der Waals surface area contributed by atoms with E-state index in [0.29, 0.717) is 10.0 Å². The number of carbonyl (C=O) groups is 1. The predicted molar refractivity (Wildman–Crippen MR) is 83.6 cm³/mol. The van der Waals surface area contributed by atoms with Gasteiger partial charge in [-0.3, -0.25) is 0 Å². The summed E-state index contributed by atoms with van der Waals surface area (Å²) in [4.78, 5) is 16.2. The molecule has 0 aliphatic rings. The van der Waals surface area contributed by atoms with Crippen molar-refractivity contribution in [2.75, 3.05) is 7.11 Å². The maximum atomic E-state index is 11.9. The largest absolute Gasteiger partial charge is 0.467 e. The molecule has 4 nitrogen and oxygen atoms in total. The van der Waals surface area contributed by atoms with Crippen molar-refractivity contribution in [3.05, 3.63) is 40.8 Å². The smallest absolute Gasteiger partial charge is 0.329 e. The molecule has 2 aromatic rings. The third-order valence-electron chi connectivity index (χ3n) is 3.21. The summed E-state index contributed by atoms with van der Waals surface area (Å²) in [5, 5.41) is 0.964. The van der Waals surface area contributed by atoms with Crippen LogP contribution in [0.15, 0.2) is 30.7 Å². The summed E-state index contributed by atoms with van der Waals surface area (Å²) < 4.78 is 6.61. The average Bonchev–Trinajstić information content (AvgIpc) is 2.90. The highest BCUT2D eigenvalue weighted by molar-refractivity contribution is 6.42. The van der Waals surface area contributed by atoms with Gasteiger partial charge in [0.05, 0.1) is 29.2 Å². The average molecular weight is 327 g/mol. The number of hydrogen-bond donors (Lipinski definition) is 0. The zero-order valence-corrected chi connectivity index (χ0v) is 13.5. The minimum atomic E-state index is -0.404. The van der Waals surface area contributed by atoms with Crippen LogP contribution < -0.4 is 0 Å². The number of hydrogen-bond acceptors (Lipinski definition) is 3. The second-order valence-electron chi connectivity index (χ2n) is 5.05. The fourth-order valence-corrected chi connectivity index (χ4v) is 2.45. The van der Waals surface area contributed by atoms with E-state index in [2.05, 4.69) is 4.98 Å². The first-order chi connectivity index (χ1) is 9.93. The lowest BCUT2D eigenvalue weighted by atomic mass is 10.0. The fraction of sp³-hybridized carbons (Fsp3) is 0.333. The molecule has 0 aliphatic carbocycles. The van der Waals surface area contributed by atoms with Gasteiger partial charge < -0.3 is 9.30 Å². The molecular weight excluding hydrogens is 311 g/mol. The third kappa shape index (κ3) is 3.39. The molecule has 0 unspecified atom stereocenters. The van der Waals surface area contributed by atoms with E-state index in [0.717, 1.165) is 11.3 Å². The molecule has 0 saturated carbocycles. The number of benzene rings is 1. The quantitative estimate of drug-likeness (QED) is 0.790. The minimum absolute atomic E-state index is 0.0910. The van der Waals surface area contributed by atoms with E-state index in [1.54, 1.807) is 29.2 Å². The number of ether oxygens (including phenoxy) is 1. The minimum Gasteiger partial charge on any atom is -0.467 e. The molecule has 0 N–H and O–H groups in total. The third-order valence-corrected chi connectivity index (χ3v) is 3.95. The highest BCUT2D eigenvalue weighted by atomic mass is 35.5. The van der Waals surface area contributed by atoms with Gasteiger partial charge in [-0.1, -0.05) is 43.1 Å². The number of imidazole rings is 1. The zero-order chi connectivity index (χ0) is 15.6. The molecule has 1 heterocycles. The van der Waals surface area contributed by atoms with E-state index in [-0.39, 0.29) is 11.9 Å². The van der Waals surface area contributed by atoms with E-state index in [4.69, 9.17) is 27.9 Å². The van der Waals surface area contributed by atoms with Crippen molar-refractivity contribution in [1.82, 2.24) is 9.55 Å². The first-order valence-corrected chi connectivity index (χ1v) is 7.26. The Morgan fingerprint density at radius 3 is 2.57 bits per heavy atom. The molecule has 0 bridgehead atoms. The van der Waals surface area contributed by atoms with Gasteiger partial charge in [0, 0.05) is 11.8 Å². The van der Waals surface area contributed by atoms with Crippen molar-refractivity contribution in [3.63, 3.8) is 0 Å². The number of carbonyl (C=O) groups excluding carboxylic acids is 1. The summed E-state index contributed by atoms with van der Waals surface area (Å²) >= 11 is 11.9. The zero-order valence-electron chi connectivity index (χ0n) is 12.0.